The zero-order chi connectivity index (χ0) is 15.2. The molecule has 0 rings (SSSR count). The molecule has 0 amide bonds. The third kappa shape index (κ3) is 12.3. The van der Waals surface area contributed by atoms with Crippen molar-refractivity contribution in [1.29, 1.82) is 0 Å². The fourth-order valence-corrected chi connectivity index (χ4v) is 1.90. The molecule has 0 aromatic carbocycles. The number of rotatable bonds is 13. The number of ketones is 1. The van der Waals surface area contributed by atoms with Crippen molar-refractivity contribution in [1.82, 2.24) is 0 Å². The summed E-state index contributed by atoms with van der Waals surface area (Å²) in [5.74, 6) is -3.08. The fourth-order valence-electron chi connectivity index (χ4n) is 1.36. The summed E-state index contributed by atoms with van der Waals surface area (Å²) in [6.07, 6.45) is 4.04. The van der Waals surface area contributed by atoms with Crippen LogP contribution in [-0.2, 0) is 23.9 Å². The van der Waals surface area contributed by atoms with Gasteiger partial charge in [0.05, 0.1) is 13.0 Å². The van der Waals surface area contributed by atoms with Gasteiger partial charge in [0, 0.05) is 13.0 Å². The Morgan fingerprint density at radius 3 is 2.25 bits per heavy atom. The summed E-state index contributed by atoms with van der Waals surface area (Å²) in [4.78, 5) is 32.1. The van der Waals surface area contributed by atoms with Gasteiger partial charge in [-0.15, -0.1) is 0 Å². The summed E-state index contributed by atoms with van der Waals surface area (Å²) in [7, 11) is 0. The molecule has 1 N–H and O–H groups in total. The summed E-state index contributed by atoms with van der Waals surface area (Å²) >= 11 is 2.35. The van der Waals surface area contributed by atoms with E-state index in [-0.39, 0.29) is 19.4 Å². The molecule has 0 aromatic rings. The van der Waals surface area contributed by atoms with Crippen molar-refractivity contribution in [2.45, 2.75) is 38.5 Å². The van der Waals surface area contributed by atoms with Crippen molar-refractivity contribution in [3.63, 3.8) is 0 Å². The van der Waals surface area contributed by atoms with E-state index in [0.717, 1.165) is 12.8 Å². The number of carboxylic acid groups (broad SMARTS) is 1. The van der Waals surface area contributed by atoms with Gasteiger partial charge >= 0.3 is 11.9 Å². The number of Topliss-reactive ketones (excluding diaryl/α,β-unsaturated/α-hetero) is 1. The number of halogens is 1. The predicted octanol–water partition coefficient (Wildman–Crippen LogP) is 1.98. The average Bonchev–Trinajstić information content (AvgIpc) is 2.42. The molecule has 0 fully saturated rings. The maximum atomic E-state index is 11.2. The molecule has 20 heavy (non-hydrogen) atoms. The van der Waals surface area contributed by atoms with E-state index in [1.54, 1.807) is 0 Å². The van der Waals surface area contributed by atoms with Crippen LogP contribution in [0, 0.1) is 0 Å². The third-order valence-corrected chi connectivity index (χ3v) is 3.22. The Bertz CT molecular complexity index is 305. The van der Waals surface area contributed by atoms with Crippen LogP contribution in [0.2, 0.25) is 0 Å². The number of ether oxygens (including phenoxy) is 2. The molecule has 0 bridgehead atoms. The van der Waals surface area contributed by atoms with E-state index in [1.165, 1.54) is 17.3 Å². The molecule has 0 atom stereocenters. The lowest BCUT2D eigenvalue weighted by molar-refractivity contribution is -0.151. The first-order valence-corrected chi connectivity index (χ1v) is 8.16. The van der Waals surface area contributed by atoms with E-state index in [0.29, 0.717) is 13.2 Å². The van der Waals surface area contributed by atoms with Crippen LogP contribution in [0.15, 0.2) is 0 Å². The number of unbranched alkanes of at least 4 members (excludes halogenated alkanes) is 3. The van der Waals surface area contributed by atoms with E-state index in [9.17, 15) is 14.4 Å². The molecule has 7 heteroatoms. The van der Waals surface area contributed by atoms with Gasteiger partial charge in [-0.05, 0) is 17.3 Å². The lowest BCUT2D eigenvalue weighted by atomic mass is 10.2. The minimum atomic E-state index is -1.52. The second-order valence-corrected chi connectivity index (χ2v) is 5.24. The van der Waals surface area contributed by atoms with Crippen molar-refractivity contribution >= 4 is 40.3 Å². The maximum Gasteiger partial charge on any atom is 0.372 e. The number of carbonyl (C=O) groups excluding carboxylic acids is 2. The van der Waals surface area contributed by atoms with E-state index in [2.05, 4.69) is 22.6 Å². The van der Waals surface area contributed by atoms with Crippen LogP contribution in [0.3, 0.4) is 0 Å². The second kappa shape index (κ2) is 13.3. The monoisotopic (exact) mass is 400 g/mol. The lowest BCUT2D eigenvalue weighted by Crippen LogP contribution is -2.16. The van der Waals surface area contributed by atoms with E-state index < -0.39 is 17.7 Å². The van der Waals surface area contributed by atoms with Gasteiger partial charge < -0.3 is 14.6 Å². The quantitative estimate of drug-likeness (QED) is 0.167. The first kappa shape index (κ1) is 19.3. The van der Waals surface area contributed by atoms with Crippen molar-refractivity contribution in [3.05, 3.63) is 0 Å². The van der Waals surface area contributed by atoms with Crippen molar-refractivity contribution < 1.29 is 29.0 Å². The van der Waals surface area contributed by atoms with Gasteiger partial charge in [0.25, 0.3) is 0 Å². The minimum Gasteiger partial charge on any atom is -0.476 e. The smallest absolute Gasteiger partial charge is 0.372 e. The van der Waals surface area contributed by atoms with Gasteiger partial charge in [-0.1, -0.05) is 35.4 Å². The number of hydrogen-bond acceptors (Lipinski definition) is 5. The predicted molar refractivity (Wildman–Crippen MR) is 81.0 cm³/mol. The second-order valence-electron chi connectivity index (χ2n) is 4.16. The van der Waals surface area contributed by atoms with Crippen LogP contribution in [0.25, 0.3) is 0 Å². The Kier molecular flexibility index (Phi) is 12.8. The lowest BCUT2D eigenvalue weighted by Gasteiger charge is -2.05. The highest BCUT2D eigenvalue weighted by Crippen LogP contribution is 2.02. The number of carboxylic acids is 1. The largest absolute Gasteiger partial charge is 0.476 e. The summed E-state index contributed by atoms with van der Waals surface area (Å²) in [6.45, 7) is 1.11. The average molecular weight is 400 g/mol. The third-order valence-electron chi connectivity index (χ3n) is 2.46. The molecule has 116 valence electrons. The van der Waals surface area contributed by atoms with Gasteiger partial charge in [-0.25, -0.2) is 4.79 Å². The molecule has 0 saturated carbocycles. The van der Waals surface area contributed by atoms with Gasteiger partial charge in [-0.3, -0.25) is 9.59 Å². The minimum absolute atomic E-state index is 0.133. The maximum absolute atomic E-state index is 11.2. The van der Waals surface area contributed by atoms with Crippen LogP contribution in [0.1, 0.15) is 38.5 Å². The van der Waals surface area contributed by atoms with Crippen LogP contribution >= 0.6 is 22.6 Å². The highest BCUT2D eigenvalue weighted by atomic mass is 127. The van der Waals surface area contributed by atoms with Crippen LogP contribution < -0.4 is 0 Å². The Morgan fingerprint density at radius 2 is 1.60 bits per heavy atom. The SMILES string of the molecule is O=C(CCC(=O)C(=O)O)OCCOCCCCCCI. The standard InChI is InChI=1S/C13H21IO6/c14-7-3-1-2-4-8-19-9-10-20-12(16)6-5-11(15)13(17)18/h1-10H2,(H,17,18). The Morgan fingerprint density at radius 1 is 0.900 bits per heavy atom. The van der Waals surface area contributed by atoms with Gasteiger partial charge in [0.15, 0.2) is 0 Å². The molecule has 0 heterocycles. The van der Waals surface area contributed by atoms with Crippen molar-refractivity contribution in [2.24, 2.45) is 0 Å². The summed E-state index contributed by atoms with van der Waals surface area (Å²) in [6, 6.07) is 0. The highest BCUT2D eigenvalue weighted by Gasteiger charge is 2.13. The topological polar surface area (TPSA) is 89.9 Å². The Labute approximate surface area is 132 Å². The molecule has 0 aliphatic carbocycles. The van der Waals surface area contributed by atoms with Crippen LogP contribution in [0.4, 0.5) is 0 Å². The van der Waals surface area contributed by atoms with Gasteiger partial charge in [-0.2, -0.15) is 0 Å². The van der Waals surface area contributed by atoms with Gasteiger partial charge in [0.2, 0.25) is 5.78 Å². The zero-order valence-corrected chi connectivity index (χ0v) is 13.6. The first-order chi connectivity index (χ1) is 9.57. The molecule has 0 aromatic heterocycles. The highest BCUT2D eigenvalue weighted by molar-refractivity contribution is 14.1. The molecule has 0 aliphatic heterocycles. The van der Waals surface area contributed by atoms with Crippen LogP contribution in [-0.4, -0.2) is 47.1 Å². The summed E-state index contributed by atoms with van der Waals surface area (Å²) < 4.78 is 11.3. The molecule has 0 unspecified atom stereocenters. The van der Waals surface area contributed by atoms with Crippen LogP contribution in [0.5, 0.6) is 0 Å². The molecule has 0 aliphatic rings. The molecular formula is C13H21IO6. The first-order valence-electron chi connectivity index (χ1n) is 6.63. The van der Waals surface area contributed by atoms with Crippen molar-refractivity contribution in [3.8, 4) is 0 Å². The number of esters is 1. The van der Waals surface area contributed by atoms with E-state index >= 15 is 0 Å². The molecule has 0 radical (unpaired) electrons. The number of alkyl halides is 1. The number of carbonyl (C=O) groups is 3. The molecular weight excluding hydrogens is 379 g/mol. The summed E-state index contributed by atoms with van der Waals surface area (Å²) in [5, 5.41) is 8.32. The van der Waals surface area contributed by atoms with Crippen molar-refractivity contribution in [2.75, 3.05) is 24.2 Å². The molecule has 0 saturated heterocycles. The number of aliphatic carboxylic acids is 1. The molecule has 6 nitrogen and oxygen atoms in total. The zero-order valence-electron chi connectivity index (χ0n) is 11.4. The molecule has 0 spiro atoms. The Hall–Kier alpha value is -0.700. The van der Waals surface area contributed by atoms with E-state index in [1.807, 2.05) is 0 Å². The summed E-state index contributed by atoms with van der Waals surface area (Å²) in [5.41, 5.74) is 0. The number of hydrogen-bond donors (Lipinski definition) is 1. The van der Waals surface area contributed by atoms with Gasteiger partial charge in [0.1, 0.15) is 6.61 Å². The Balaban J connectivity index is 3.31. The normalized spacial score (nSPS) is 10.2. The fraction of sp³-hybridized carbons (Fsp3) is 0.769. The van der Waals surface area contributed by atoms with E-state index in [4.69, 9.17) is 14.6 Å².